The number of rotatable bonds is 14. The predicted octanol–water partition coefficient (Wildman–Crippen LogP) is 7.73. The Labute approximate surface area is 197 Å². The molecule has 1 aromatic rings. The van der Waals surface area contributed by atoms with E-state index in [1.54, 1.807) is 0 Å². The zero-order chi connectivity index (χ0) is 23.6. The van der Waals surface area contributed by atoms with Crippen molar-refractivity contribution in [2.45, 2.75) is 97.4 Å². The molecule has 0 spiro atoms. The smallest absolute Gasteiger partial charge is 0.303 e. The van der Waals surface area contributed by atoms with Crippen molar-refractivity contribution in [3.8, 4) is 0 Å². The van der Waals surface area contributed by atoms with Crippen molar-refractivity contribution in [1.29, 1.82) is 0 Å². The molecule has 2 rings (SSSR count). The fourth-order valence-corrected chi connectivity index (χ4v) is 6.43. The molecule has 0 bridgehead atoms. The number of allylic oxidation sites excluding steroid dienone is 2. The van der Waals surface area contributed by atoms with Gasteiger partial charge in [0.2, 0.25) is 0 Å². The van der Waals surface area contributed by atoms with E-state index >= 15 is 0 Å². The second-order valence-electron chi connectivity index (χ2n) is 11.0. The fourth-order valence-electron chi connectivity index (χ4n) is 5.25. The van der Waals surface area contributed by atoms with Gasteiger partial charge in [-0.15, -0.1) is 0 Å². The lowest BCUT2D eigenvalue weighted by Crippen LogP contribution is -2.35. The maximum Gasteiger partial charge on any atom is 0.303 e. The summed E-state index contributed by atoms with van der Waals surface area (Å²) in [6.07, 6.45) is 14.0. The van der Waals surface area contributed by atoms with E-state index < -0.39 is 14.3 Å². The summed E-state index contributed by atoms with van der Waals surface area (Å²) in [5.74, 6) is 2.07. The van der Waals surface area contributed by atoms with Crippen molar-refractivity contribution in [2.24, 2.45) is 23.7 Å². The average Bonchev–Trinajstić information content (AvgIpc) is 3.00. The van der Waals surface area contributed by atoms with E-state index in [1.165, 1.54) is 37.7 Å². The van der Waals surface area contributed by atoms with Crippen molar-refractivity contribution < 1.29 is 14.3 Å². The SMILES string of the molecule is C[C@@H](CCc1ccccc1)CC[C@@H]1C(C/C=C\CCCC(=O)O)[C@@H](O[Si](C)(C)C)C[C@H]1C. The number of aliphatic carboxylic acids is 1. The summed E-state index contributed by atoms with van der Waals surface area (Å²) in [4.78, 5) is 10.7. The van der Waals surface area contributed by atoms with E-state index in [4.69, 9.17) is 9.53 Å². The molecule has 0 aromatic heterocycles. The number of aryl methyl sites for hydroxylation is 1. The minimum Gasteiger partial charge on any atom is -0.481 e. The Morgan fingerprint density at radius 2 is 1.88 bits per heavy atom. The number of hydrogen-bond donors (Lipinski definition) is 1. The van der Waals surface area contributed by atoms with Crippen LogP contribution in [-0.4, -0.2) is 25.5 Å². The van der Waals surface area contributed by atoms with Gasteiger partial charge in [0.15, 0.2) is 8.32 Å². The van der Waals surface area contributed by atoms with Crippen LogP contribution in [0.1, 0.15) is 70.8 Å². The second-order valence-corrected chi connectivity index (χ2v) is 15.5. The molecule has 5 atom stereocenters. The molecule has 0 heterocycles. The molecule has 180 valence electrons. The highest BCUT2D eigenvalue weighted by atomic mass is 28.4. The van der Waals surface area contributed by atoms with Crippen LogP contribution in [0.15, 0.2) is 42.5 Å². The van der Waals surface area contributed by atoms with Crippen molar-refractivity contribution in [3.05, 3.63) is 48.0 Å². The maximum atomic E-state index is 10.7. The molecule has 1 N–H and O–H groups in total. The van der Waals surface area contributed by atoms with Gasteiger partial charge in [0, 0.05) is 12.5 Å². The quantitative estimate of drug-likeness (QED) is 0.176. The Bertz CT molecular complexity index is 694. The highest BCUT2D eigenvalue weighted by Crippen LogP contribution is 2.45. The topological polar surface area (TPSA) is 46.5 Å². The van der Waals surface area contributed by atoms with Crippen LogP contribution >= 0.6 is 0 Å². The minimum atomic E-state index is -1.58. The van der Waals surface area contributed by atoms with Gasteiger partial charge >= 0.3 is 5.97 Å². The first-order valence-corrected chi connectivity index (χ1v) is 16.1. The molecule has 1 aliphatic rings. The third-order valence-corrected chi connectivity index (χ3v) is 7.98. The summed E-state index contributed by atoms with van der Waals surface area (Å²) in [6.45, 7) is 11.7. The van der Waals surface area contributed by atoms with Gasteiger partial charge in [0.25, 0.3) is 0 Å². The van der Waals surface area contributed by atoms with Crippen LogP contribution in [-0.2, 0) is 15.6 Å². The standard InChI is InChI=1S/C28H46O3Si/c1-22(17-19-24-13-9-8-10-14-24)18-20-25-23(2)21-27(31-32(3,4)5)26(25)15-11-6-7-12-16-28(29)30/h6,8-11,13-14,22-23,25-27H,7,12,15-21H2,1-5H3,(H,29,30)/b11-6-/t22-,23+,25-,26?,27-/m0/s1. The summed E-state index contributed by atoms with van der Waals surface area (Å²) in [5.41, 5.74) is 1.45. The molecular weight excluding hydrogens is 412 g/mol. The predicted molar refractivity (Wildman–Crippen MR) is 137 cm³/mol. The molecule has 1 saturated carbocycles. The average molecular weight is 459 g/mol. The van der Waals surface area contributed by atoms with Gasteiger partial charge in [0.05, 0.1) is 0 Å². The van der Waals surface area contributed by atoms with Gasteiger partial charge in [-0.3, -0.25) is 4.79 Å². The second kappa shape index (κ2) is 13.3. The third-order valence-electron chi connectivity index (χ3n) is 6.97. The number of unbranched alkanes of at least 4 members (excludes halogenated alkanes) is 1. The van der Waals surface area contributed by atoms with Gasteiger partial charge in [-0.2, -0.15) is 0 Å². The number of carbonyl (C=O) groups is 1. The van der Waals surface area contributed by atoms with E-state index in [0.717, 1.165) is 31.1 Å². The van der Waals surface area contributed by atoms with E-state index in [0.29, 0.717) is 17.9 Å². The largest absolute Gasteiger partial charge is 0.481 e. The summed E-state index contributed by atoms with van der Waals surface area (Å²) >= 11 is 0. The molecule has 0 aliphatic heterocycles. The molecule has 32 heavy (non-hydrogen) atoms. The highest BCUT2D eigenvalue weighted by Gasteiger charge is 2.42. The molecular formula is C28H46O3Si. The molecule has 0 radical (unpaired) electrons. The lowest BCUT2D eigenvalue weighted by Gasteiger charge is -2.30. The molecule has 4 heteroatoms. The van der Waals surface area contributed by atoms with Crippen molar-refractivity contribution >= 4 is 14.3 Å². The van der Waals surface area contributed by atoms with Gasteiger partial charge in [-0.25, -0.2) is 0 Å². The minimum absolute atomic E-state index is 0.260. The monoisotopic (exact) mass is 458 g/mol. The van der Waals surface area contributed by atoms with Crippen LogP contribution in [0.2, 0.25) is 19.6 Å². The third kappa shape index (κ3) is 10.0. The highest BCUT2D eigenvalue weighted by molar-refractivity contribution is 6.69. The van der Waals surface area contributed by atoms with Gasteiger partial charge < -0.3 is 9.53 Å². The lowest BCUT2D eigenvalue weighted by molar-refractivity contribution is -0.137. The Morgan fingerprint density at radius 1 is 1.16 bits per heavy atom. The van der Waals surface area contributed by atoms with E-state index in [1.807, 2.05) is 0 Å². The molecule has 1 fully saturated rings. The molecule has 1 aliphatic carbocycles. The molecule has 0 saturated heterocycles. The molecule has 0 amide bonds. The number of benzene rings is 1. The normalized spacial score (nSPS) is 24.8. The van der Waals surface area contributed by atoms with Gasteiger partial charge in [-0.1, -0.05) is 62.8 Å². The first-order chi connectivity index (χ1) is 15.2. The summed E-state index contributed by atoms with van der Waals surface area (Å²) in [5, 5.41) is 8.82. The Kier molecular flexibility index (Phi) is 11.2. The molecule has 1 unspecified atom stereocenters. The van der Waals surface area contributed by atoms with E-state index in [-0.39, 0.29) is 6.42 Å². The Balaban J connectivity index is 1.90. The van der Waals surface area contributed by atoms with Crippen molar-refractivity contribution in [2.75, 3.05) is 0 Å². The summed E-state index contributed by atoms with van der Waals surface area (Å²) in [7, 11) is -1.58. The zero-order valence-corrected chi connectivity index (χ0v) is 22.1. The van der Waals surface area contributed by atoms with Gasteiger partial charge in [0.1, 0.15) is 0 Å². The number of carboxylic acid groups (broad SMARTS) is 1. The van der Waals surface area contributed by atoms with Crippen LogP contribution in [0.3, 0.4) is 0 Å². The fraction of sp³-hybridized carbons (Fsp3) is 0.679. The van der Waals surface area contributed by atoms with Crippen molar-refractivity contribution in [1.82, 2.24) is 0 Å². The number of carboxylic acids is 1. The van der Waals surface area contributed by atoms with Crippen LogP contribution in [0.25, 0.3) is 0 Å². The van der Waals surface area contributed by atoms with E-state index in [2.05, 4.69) is 76.0 Å². The summed E-state index contributed by atoms with van der Waals surface area (Å²) in [6, 6.07) is 10.8. The van der Waals surface area contributed by atoms with Crippen LogP contribution < -0.4 is 0 Å². The van der Waals surface area contributed by atoms with Crippen LogP contribution in [0.5, 0.6) is 0 Å². The van der Waals surface area contributed by atoms with Gasteiger partial charge in [-0.05, 0) is 93.8 Å². The zero-order valence-electron chi connectivity index (χ0n) is 21.1. The summed E-state index contributed by atoms with van der Waals surface area (Å²) < 4.78 is 6.66. The first-order valence-electron chi connectivity index (χ1n) is 12.7. The maximum absolute atomic E-state index is 10.7. The first kappa shape index (κ1) is 26.9. The molecule has 3 nitrogen and oxygen atoms in total. The number of hydrogen-bond acceptors (Lipinski definition) is 2. The molecule has 1 aromatic carbocycles. The van der Waals surface area contributed by atoms with Crippen LogP contribution in [0.4, 0.5) is 0 Å². The van der Waals surface area contributed by atoms with Crippen LogP contribution in [0, 0.1) is 23.7 Å². The Morgan fingerprint density at radius 3 is 2.53 bits per heavy atom. The van der Waals surface area contributed by atoms with Crippen molar-refractivity contribution in [3.63, 3.8) is 0 Å². The Hall–Kier alpha value is -1.39. The van der Waals surface area contributed by atoms with E-state index in [9.17, 15) is 4.79 Å². The lowest BCUT2D eigenvalue weighted by atomic mass is 9.81.